The Kier molecular flexibility index (Phi) is 9.64. The van der Waals surface area contributed by atoms with E-state index in [0.717, 1.165) is 63.1 Å². The molecule has 1 fully saturated rings. The molecule has 1 aliphatic rings. The van der Waals surface area contributed by atoms with Gasteiger partial charge in [0.2, 0.25) is 0 Å². The van der Waals surface area contributed by atoms with Gasteiger partial charge in [0.1, 0.15) is 12.0 Å². The van der Waals surface area contributed by atoms with E-state index in [1.807, 2.05) is 18.2 Å². The third-order valence-electron chi connectivity index (χ3n) is 4.34. The molecule has 2 aromatic heterocycles. The van der Waals surface area contributed by atoms with Crippen LogP contribution in [-0.2, 0) is 17.7 Å². The molecule has 0 amide bonds. The highest BCUT2D eigenvalue weighted by Crippen LogP contribution is 2.07. The molecule has 9 heteroatoms. The topological polar surface area (TPSA) is 79.3 Å². The van der Waals surface area contributed by atoms with Crippen LogP contribution in [0.15, 0.2) is 44.7 Å². The summed E-state index contributed by atoms with van der Waals surface area (Å²) in [4.78, 5) is 9.37. The van der Waals surface area contributed by atoms with E-state index in [4.69, 9.17) is 13.7 Å². The number of halogens is 1. The summed E-state index contributed by atoms with van der Waals surface area (Å²) in [6, 6.07) is 5.82. The summed E-state index contributed by atoms with van der Waals surface area (Å²) in [7, 11) is 1.70. The first-order valence-corrected chi connectivity index (χ1v) is 9.01. The number of methoxy groups -OCH3 is 1. The van der Waals surface area contributed by atoms with Crippen molar-refractivity contribution in [2.24, 2.45) is 4.99 Å². The van der Waals surface area contributed by atoms with Crippen molar-refractivity contribution < 1.29 is 13.7 Å². The predicted molar refractivity (Wildman–Crippen MR) is 113 cm³/mol. The van der Waals surface area contributed by atoms with Gasteiger partial charge in [0.05, 0.1) is 25.1 Å². The van der Waals surface area contributed by atoms with Gasteiger partial charge in [-0.25, -0.2) is 0 Å². The van der Waals surface area contributed by atoms with Gasteiger partial charge >= 0.3 is 0 Å². The lowest BCUT2D eigenvalue weighted by molar-refractivity contribution is 0.168. The average Bonchev–Trinajstić information content (AvgIpc) is 3.35. The van der Waals surface area contributed by atoms with Gasteiger partial charge in [0, 0.05) is 58.9 Å². The molecule has 1 saturated heterocycles. The molecule has 2 aromatic rings. The summed E-state index contributed by atoms with van der Waals surface area (Å²) >= 11 is 0. The largest absolute Gasteiger partial charge is 0.469 e. The Morgan fingerprint density at radius 3 is 2.78 bits per heavy atom. The number of nitrogens with zero attached hydrogens (tertiary/aromatic N) is 4. The van der Waals surface area contributed by atoms with Crippen molar-refractivity contribution in [1.82, 2.24) is 20.3 Å². The van der Waals surface area contributed by atoms with E-state index < -0.39 is 0 Å². The quantitative estimate of drug-likeness (QED) is 0.263. The number of ether oxygens (including phenoxy) is 1. The van der Waals surface area contributed by atoms with Crippen molar-refractivity contribution in [2.75, 3.05) is 53.0 Å². The van der Waals surface area contributed by atoms with Gasteiger partial charge in [0.15, 0.2) is 5.96 Å². The molecule has 3 heterocycles. The van der Waals surface area contributed by atoms with E-state index >= 15 is 0 Å². The van der Waals surface area contributed by atoms with Crippen LogP contribution in [0.1, 0.15) is 11.5 Å². The highest BCUT2D eigenvalue weighted by molar-refractivity contribution is 14.0. The summed E-state index contributed by atoms with van der Waals surface area (Å²) < 4.78 is 15.4. The summed E-state index contributed by atoms with van der Waals surface area (Å²) in [6.45, 7) is 6.68. The number of aliphatic imine (C=N–C) groups is 1. The van der Waals surface area contributed by atoms with Crippen molar-refractivity contribution >= 4 is 29.9 Å². The number of guanidine groups is 1. The highest BCUT2D eigenvalue weighted by atomic mass is 127. The summed E-state index contributed by atoms with van der Waals surface area (Å²) in [6.07, 6.45) is 4.16. The second-order valence-corrected chi connectivity index (χ2v) is 6.21. The first-order chi connectivity index (χ1) is 12.8. The Balaban J connectivity index is 0.00000261. The number of piperazine rings is 1. The summed E-state index contributed by atoms with van der Waals surface area (Å²) in [5.41, 5.74) is 0.976. The molecule has 0 unspecified atom stereocenters. The van der Waals surface area contributed by atoms with Crippen LogP contribution in [0.2, 0.25) is 0 Å². The van der Waals surface area contributed by atoms with Crippen molar-refractivity contribution in [3.8, 4) is 0 Å². The molecule has 3 rings (SSSR count). The number of furan rings is 1. The Hall–Kier alpha value is -1.59. The van der Waals surface area contributed by atoms with Crippen molar-refractivity contribution in [2.45, 2.75) is 13.0 Å². The van der Waals surface area contributed by atoms with Crippen LogP contribution in [0.5, 0.6) is 0 Å². The predicted octanol–water partition coefficient (Wildman–Crippen LogP) is 1.84. The van der Waals surface area contributed by atoms with E-state index in [-0.39, 0.29) is 24.0 Å². The SMILES string of the molecule is COCCN=C(NCCc1ccco1)N1CCN(Cc2ccon2)CC1.I. The smallest absolute Gasteiger partial charge is 0.194 e. The minimum Gasteiger partial charge on any atom is -0.469 e. The molecule has 1 N–H and O–H groups in total. The molecule has 0 radical (unpaired) electrons. The molecule has 150 valence electrons. The number of nitrogens with one attached hydrogen (secondary N) is 1. The normalized spacial score (nSPS) is 15.6. The minimum atomic E-state index is 0. The van der Waals surface area contributed by atoms with Gasteiger partial charge in [-0.15, -0.1) is 24.0 Å². The highest BCUT2D eigenvalue weighted by Gasteiger charge is 2.20. The van der Waals surface area contributed by atoms with E-state index in [1.54, 1.807) is 19.6 Å². The zero-order chi connectivity index (χ0) is 18.0. The lowest BCUT2D eigenvalue weighted by atomic mass is 10.3. The number of hydrogen-bond donors (Lipinski definition) is 1. The number of hydrogen-bond acceptors (Lipinski definition) is 6. The molecular weight excluding hydrogens is 461 g/mol. The maximum absolute atomic E-state index is 5.39. The zero-order valence-corrected chi connectivity index (χ0v) is 18.0. The van der Waals surface area contributed by atoms with Crippen LogP contribution in [0, 0.1) is 0 Å². The van der Waals surface area contributed by atoms with Crippen molar-refractivity contribution in [3.05, 3.63) is 42.2 Å². The Labute approximate surface area is 176 Å². The molecule has 0 aromatic carbocycles. The van der Waals surface area contributed by atoms with Crippen LogP contribution in [0.25, 0.3) is 0 Å². The van der Waals surface area contributed by atoms with Crippen molar-refractivity contribution in [1.29, 1.82) is 0 Å². The van der Waals surface area contributed by atoms with Gasteiger partial charge in [0.25, 0.3) is 0 Å². The van der Waals surface area contributed by atoms with Crippen molar-refractivity contribution in [3.63, 3.8) is 0 Å². The molecule has 1 aliphatic heterocycles. The van der Waals surface area contributed by atoms with Crippen LogP contribution in [-0.4, -0.2) is 73.9 Å². The van der Waals surface area contributed by atoms with Crippen LogP contribution >= 0.6 is 24.0 Å². The molecule has 0 atom stereocenters. The lowest BCUT2D eigenvalue weighted by Crippen LogP contribution is -2.52. The standard InChI is InChI=1S/C18H27N5O3.HI/c1-24-14-7-20-18(19-6-4-17-3-2-12-25-17)23-10-8-22(9-11-23)15-16-5-13-26-21-16;/h2-3,5,12-13H,4,6-11,14-15H2,1H3,(H,19,20);1H. The second kappa shape index (κ2) is 12.0. The van der Waals surface area contributed by atoms with Gasteiger partial charge in [-0.3, -0.25) is 9.89 Å². The molecule has 0 bridgehead atoms. The monoisotopic (exact) mass is 489 g/mol. The Morgan fingerprint density at radius 1 is 1.26 bits per heavy atom. The molecular formula is C18H28IN5O3. The van der Waals surface area contributed by atoms with Crippen LogP contribution in [0.3, 0.4) is 0 Å². The first-order valence-electron chi connectivity index (χ1n) is 9.01. The number of aromatic nitrogens is 1. The fraction of sp³-hybridized carbons (Fsp3) is 0.556. The summed E-state index contributed by atoms with van der Waals surface area (Å²) in [5, 5.41) is 7.45. The van der Waals surface area contributed by atoms with E-state index in [1.165, 1.54) is 0 Å². The third kappa shape index (κ3) is 7.15. The van der Waals surface area contributed by atoms with Crippen LogP contribution in [0.4, 0.5) is 0 Å². The molecule has 27 heavy (non-hydrogen) atoms. The van der Waals surface area contributed by atoms with Gasteiger partial charge in [-0.05, 0) is 12.1 Å². The van der Waals surface area contributed by atoms with E-state index in [2.05, 4.69) is 25.3 Å². The van der Waals surface area contributed by atoms with E-state index in [0.29, 0.717) is 13.2 Å². The summed E-state index contributed by atoms with van der Waals surface area (Å²) in [5.74, 6) is 1.92. The van der Waals surface area contributed by atoms with Gasteiger partial charge < -0.3 is 23.9 Å². The molecule has 0 spiro atoms. The zero-order valence-electron chi connectivity index (χ0n) is 15.7. The fourth-order valence-corrected chi connectivity index (χ4v) is 2.93. The Morgan fingerprint density at radius 2 is 2.11 bits per heavy atom. The molecule has 0 aliphatic carbocycles. The van der Waals surface area contributed by atoms with E-state index in [9.17, 15) is 0 Å². The van der Waals surface area contributed by atoms with Gasteiger partial charge in [-0.1, -0.05) is 5.16 Å². The minimum absolute atomic E-state index is 0. The fourth-order valence-electron chi connectivity index (χ4n) is 2.93. The first kappa shape index (κ1) is 21.7. The molecule has 0 saturated carbocycles. The van der Waals surface area contributed by atoms with Gasteiger partial charge in [-0.2, -0.15) is 0 Å². The Bertz CT molecular complexity index is 640. The maximum Gasteiger partial charge on any atom is 0.194 e. The lowest BCUT2D eigenvalue weighted by Gasteiger charge is -2.36. The maximum atomic E-state index is 5.39. The molecule has 8 nitrogen and oxygen atoms in total. The second-order valence-electron chi connectivity index (χ2n) is 6.21. The number of rotatable bonds is 8. The third-order valence-corrected chi connectivity index (χ3v) is 4.34. The van der Waals surface area contributed by atoms with Crippen LogP contribution < -0.4 is 5.32 Å². The average molecular weight is 489 g/mol.